The fourth-order valence-corrected chi connectivity index (χ4v) is 0.923. The smallest absolute Gasteiger partial charge is 1.00 e. The summed E-state index contributed by atoms with van der Waals surface area (Å²) in [7, 11) is -3.77. The molecule has 0 fully saturated rings. The average molecular weight is 203 g/mol. The van der Waals surface area contributed by atoms with Gasteiger partial charge in [-0.3, -0.25) is 4.79 Å². The van der Waals surface area contributed by atoms with Crippen molar-refractivity contribution in [1.29, 1.82) is 0 Å². The number of hydrogen-bond acceptors (Lipinski definition) is 4. The Labute approximate surface area is 91.7 Å². The molecule has 0 atom stereocenters. The summed E-state index contributed by atoms with van der Waals surface area (Å²) < 4.78 is 25.5. The van der Waals surface area contributed by atoms with Gasteiger partial charge in [-0.2, -0.15) is 0 Å². The van der Waals surface area contributed by atoms with Gasteiger partial charge in [-0.05, 0) is 20.8 Å². The van der Waals surface area contributed by atoms with Crippen LogP contribution < -0.4 is 24.0 Å². The van der Waals surface area contributed by atoms with Crippen LogP contribution in [0.3, 0.4) is 0 Å². The van der Waals surface area contributed by atoms with Crippen molar-refractivity contribution < 1.29 is 38.2 Å². The van der Waals surface area contributed by atoms with Crippen LogP contribution in [0.25, 0.3) is 0 Å². The maximum atomic E-state index is 10.8. The Morgan fingerprint density at radius 1 is 1.46 bits per heavy atom. The van der Waals surface area contributed by atoms with Gasteiger partial charge in [0.25, 0.3) is 0 Å². The van der Waals surface area contributed by atoms with Crippen LogP contribution in [0, 0.1) is 0 Å². The molecule has 0 saturated carbocycles. The fourth-order valence-electron chi connectivity index (χ4n) is 0.535. The van der Waals surface area contributed by atoms with Gasteiger partial charge < -0.3 is 6.16 Å². The van der Waals surface area contributed by atoms with Crippen LogP contribution in [0.2, 0.25) is 0 Å². The zero-order chi connectivity index (χ0) is 9.99. The number of sulfonamides is 1. The van der Waals surface area contributed by atoms with Gasteiger partial charge in [-0.15, -0.1) is 0 Å². The molecule has 7 heteroatoms. The normalized spacial score (nSPS) is 11.7. The van der Waals surface area contributed by atoms with Crippen molar-refractivity contribution in [2.24, 2.45) is 5.14 Å². The molecule has 0 aromatic heterocycles. The van der Waals surface area contributed by atoms with Crippen molar-refractivity contribution >= 4 is 16.0 Å². The minimum absolute atomic E-state index is 0. The number of rotatable bonds is 2. The molecule has 74 valence electrons. The van der Waals surface area contributed by atoms with E-state index in [0.717, 1.165) is 0 Å². The molecular formula is C6H14LiNO4S. The summed E-state index contributed by atoms with van der Waals surface area (Å²) in [6.45, 7) is 4.94. The van der Waals surface area contributed by atoms with Gasteiger partial charge in [0.05, 0.1) is 0 Å². The van der Waals surface area contributed by atoms with Gasteiger partial charge in [0.15, 0.2) is 5.75 Å². The SMILES string of the molecule is CC(C)(C)OC(=O)CS(N)(=O)=O.[H-].[Li+]. The van der Waals surface area contributed by atoms with Crippen LogP contribution in [0.4, 0.5) is 0 Å². The summed E-state index contributed by atoms with van der Waals surface area (Å²) in [6.07, 6.45) is 0. The Hall–Kier alpha value is -0.0226. The first kappa shape index (κ1) is 15.4. The van der Waals surface area contributed by atoms with Crippen molar-refractivity contribution in [3.63, 3.8) is 0 Å². The number of carbonyl (C=O) groups is 1. The Morgan fingerprint density at radius 3 is 2.08 bits per heavy atom. The first-order valence-electron chi connectivity index (χ1n) is 3.32. The van der Waals surface area contributed by atoms with Gasteiger partial charge in [0, 0.05) is 0 Å². The van der Waals surface area contributed by atoms with Gasteiger partial charge in [0.2, 0.25) is 10.0 Å². The van der Waals surface area contributed by atoms with E-state index in [1.165, 1.54) is 0 Å². The molecule has 0 unspecified atom stereocenters. The molecular weight excluding hydrogens is 189 g/mol. The van der Waals surface area contributed by atoms with E-state index in [-0.39, 0.29) is 20.3 Å². The molecule has 5 nitrogen and oxygen atoms in total. The minimum Gasteiger partial charge on any atom is -1.00 e. The van der Waals surface area contributed by atoms with Crippen LogP contribution in [0.1, 0.15) is 22.2 Å². The third-order valence-corrected chi connectivity index (χ3v) is 1.38. The quantitative estimate of drug-likeness (QED) is 0.377. The Kier molecular flexibility index (Phi) is 5.95. The number of nitrogens with two attached hydrogens (primary N) is 1. The number of primary sulfonamides is 1. The van der Waals surface area contributed by atoms with E-state index in [0.29, 0.717) is 0 Å². The van der Waals surface area contributed by atoms with Crippen LogP contribution in [0.15, 0.2) is 0 Å². The van der Waals surface area contributed by atoms with Gasteiger partial charge >= 0.3 is 24.8 Å². The molecule has 0 aliphatic heterocycles. The van der Waals surface area contributed by atoms with E-state index in [1.807, 2.05) is 0 Å². The van der Waals surface area contributed by atoms with E-state index in [4.69, 9.17) is 4.74 Å². The van der Waals surface area contributed by atoms with E-state index in [2.05, 4.69) is 5.14 Å². The largest absolute Gasteiger partial charge is 1.00 e. The maximum Gasteiger partial charge on any atom is 1.00 e. The molecule has 0 rings (SSSR count). The fraction of sp³-hybridized carbons (Fsp3) is 0.833. The molecule has 0 heterocycles. The molecule has 0 bridgehead atoms. The summed E-state index contributed by atoms with van der Waals surface area (Å²) in [6, 6.07) is 0. The van der Waals surface area contributed by atoms with Gasteiger partial charge in [-0.25, -0.2) is 13.6 Å². The van der Waals surface area contributed by atoms with Crippen LogP contribution in [0.5, 0.6) is 0 Å². The monoisotopic (exact) mass is 203 g/mol. The first-order valence-corrected chi connectivity index (χ1v) is 5.04. The molecule has 0 amide bonds. The van der Waals surface area contributed by atoms with Crippen LogP contribution >= 0.6 is 0 Å². The molecule has 0 spiro atoms. The van der Waals surface area contributed by atoms with Crippen molar-refractivity contribution in [2.45, 2.75) is 26.4 Å². The topological polar surface area (TPSA) is 86.5 Å². The van der Waals surface area contributed by atoms with E-state index in [1.54, 1.807) is 20.8 Å². The minimum atomic E-state index is -3.77. The summed E-state index contributed by atoms with van der Waals surface area (Å²) in [5, 5.41) is 4.63. The second kappa shape index (κ2) is 5.01. The summed E-state index contributed by atoms with van der Waals surface area (Å²) in [5.41, 5.74) is -0.679. The van der Waals surface area contributed by atoms with Crippen LogP contribution in [-0.4, -0.2) is 25.7 Å². The van der Waals surface area contributed by atoms with Crippen LogP contribution in [-0.2, 0) is 19.6 Å². The third-order valence-electron chi connectivity index (χ3n) is 0.739. The molecule has 0 aliphatic carbocycles. The summed E-state index contributed by atoms with van der Waals surface area (Å²) >= 11 is 0. The predicted molar refractivity (Wildman–Crippen MR) is 44.9 cm³/mol. The average Bonchev–Trinajstić information content (AvgIpc) is 1.49. The van der Waals surface area contributed by atoms with E-state index >= 15 is 0 Å². The number of hydrogen-bond donors (Lipinski definition) is 1. The number of esters is 1. The van der Waals surface area contributed by atoms with E-state index < -0.39 is 27.3 Å². The standard InChI is InChI=1S/C6H13NO4S.Li.H/c1-6(2,3)11-5(8)4-12(7,9)10;;/h4H2,1-3H3,(H2,7,9,10);;/q;+1;-1. The molecule has 0 aromatic rings. The Balaban J connectivity index is -0.000000605. The molecule has 0 aliphatic rings. The van der Waals surface area contributed by atoms with Crippen molar-refractivity contribution in [1.82, 2.24) is 0 Å². The molecule has 13 heavy (non-hydrogen) atoms. The molecule has 0 radical (unpaired) electrons. The second-order valence-corrected chi connectivity index (χ2v) is 5.01. The van der Waals surface area contributed by atoms with Gasteiger partial charge in [-0.1, -0.05) is 0 Å². The summed E-state index contributed by atoms with van der Waals surface area (Å²) in [4.78, 5) is 10.8. The van der Waals surface area contributed by atoms with Crippen molar-refractivity contribution in [3.05, 3.63) is 0 Å². The third kappa shape index (κ3) is 12.0. The Bertz CT molecular complexity index is 272. The number of ether oxygens (including phenoxy) is 1. The summed E-state index contributed by atoms with van der Waals surface area (Å²) in [5.74, 6) is -1.60. The first-order chi connectivity index (χ1) is 5.10. The van der Waals surface area contributed by atoms with E-state index in [9.17, 15) is 13.2 Å². The molecule has 0 aromatic carbocycles. The van der Waals surface area contributed by atoms with Crippen molar-refractivity contribution in [3.8, 4) is 0 Å². The maximum absolute atomic E-state index is 10.8. The second-order valence-electron chi connectivity index (χ2n) is 3.39. The zero-order valence-corrected chi connectivity index (χ0v) is 9.14. The zero-order valence-electron chi connectivity index (χ0n) is 9.33. The predicted octanol–water partition coefficient (Wildman–Crippen LogP) is -3.27. The molecule has 2 N–H and O–H groups in total. The Morgan fingerprint density at radius 2 is 1.85 bits per heavy atom. The van der Waals surface area contributed by atoms with Gasteiger partial charge in [0.1, 0.15) is 5.60 Å². The molecule has 0 saturated heterocycles. The van der Waals surface area contributed by atoms with Crippen molar-refractivity contribution in [2.75, 3.05) is 5.75 Å². The number of carbonyl (C=O) groups excluding carboxylic acids is 1.